The van der Waals surface area contributed by atoms with Gasteiger partial charge in [-0.1, -0.05) is 13.8 Å². The zero-order valence-electron chi connectivity index (χ0n) is 14.2. The molecule has 2 N–H and O–H groups in total. The highest BCUT2D eigenvalue weighted by atomic mass is 32.1. The molecule has 1 aromatic carbocycles. The van der Waals surface area contributed by atoms with E-state index in [-0.39, 0.29) is 5.91 Å². The maximum Gasteiger partial charge on any atom is 0.253 e. The number of fused-ring (bicyclic) bond motifs is 2. The molecule has 2 aliphatic heterocycles. The topological polar surface area (TPSA) is 57.3 Å². The van der Waals surface area contributed by atoms with Crippen LogP contribution >= 0.6 is 11.3 Å². The van der Waals surface area contributed by atoms with Gasteiger partial charge in [0.05, 0.1) is 15.7 Å². The third-order valence-corrected chi connectivity index (χ3v) is 6.01. The molecule has 6 heteroatoms. The van der Waals surface area contributed by atoms with Crippen molar-refractivity contribution in [3.05, 3.63) is 29.3 Å². The van der Waals surface area contributed by atoms with Gasteiger partial charge in [-0.25, -0.2) is 4.98 Å². The highest BCUT2D eigenvalue weighted by molar-refractivity contribution is 7.16. The molecular formula is C18H24N4OS. The zero-order chi connectivity index (χ0) is 16.7. The zero-order valence-corrected chi connectivity index (χ0v) is 15.0. The van der Waals surface area contributed by atoms with Crippen LogP contribution in [0.15, 0.2) is 23.7 Å². The molecule has 0 spiro atoms. The van der Waals surface area contributed by atoms with Crippen LogP contribution in [-0.2, 0) is 0 Å². The van der Waals surface area contributed by atoms with Gasteiger partial charge in [-0.2, -0.15) is 0 Å². The molecule has 2 aromatic rings. The summed E-state index contributed by atoms with van der Waals surface area (Å²) in [4.78, 5) is 19.3. The number of aromatic nitrogens is 1. The lowest BCUT2D eigenvalue weighted by Gasteiger charge is -2.36. The number of carbonyl (C=O) groups excluding carboxylic acids is 1. The van der Waals surface area contributed by atoms with Crippen molar-refractivity contribution in [1.29, 1.82) is 0 Å². The lowest BCUT2D eigenvalue weighted by Crippen LogP contribution is -2.48. The van der Waals surface area contributed by atoms with Crippen LogP contribution in [0, 0.1) is 11.8 Å². The van der Waals surface area contributed by atoms with Crippen molar-refractivity contribution in [3.63, 3.8) is 0 Å². The van der Waals surface area contributed by atoms with Gasteiger partial charge in [0, 0.05) is 36.7 Å². The van der Waals surface area contributed by atoms with Crippen molar-refractivity contribution >= 4 is 27.5 Å². The standard InChI is InChI=1S/C18H24N4OS/c1-11(2)7-16-13-9-22(6-5-14(13)20-21-16)18(23)12-3-4-15-17(8-12)24-10-19-15/h3-4,8,10-11,13-14,16,20-21H,5-7,9H2,1-2H3. The molecule has 4 rings (SSSR count). The van der Waals surface area contributed by atoms with E-state index in [4.69, 9.17) is 0 Å². The number of benzene rings is 1. The van der Waals surface area contributed by atoms with E-state index in [1.165, 1.54) is 0 Å². The number of nitrogens with one attached hydrogen (secondary N) is 2. The fourth-order valence-corrected chi connectivity index (χ4v) is 4.70. The van der Waals surface area contributed by atoms with Crippen LogP contribution in [0.2, 0.25) is 0 Å². The van der Waals surface area contributed by atoms with E-state index < -0.39 is 0 Å². The van der Waals surface area contributed by atoms with Crippen LogP contribution in [0.5, 0.6) is 0 Å². The van der Waals surface area contributed by atoms with E-state index in [1.54, 1.807) is 11.3 Å². The Bertz CT molecular complexity index is 743. The summed E-state index contributed by atoms with van der Waals surface area (Å²) in [6.45, 7) is 6.17. The molecular weight excluding hydrogens is 320 g/mol. The molecule has 2 saturated heterocycles. The third-order valence-electron chi connectivity index (χ3n) is 5.22. The number of likely N-dealkylation sites (tertiary alicyclic amines) is 1. The smallest absolute Gasteiger partial charge is 0.253 e. The van der Waals surface area contributed by atoms with Gasteiger partial charge in [0.2, 0.25) is 0 Å². The summed E-state index contributed by atoms with van der Waals surface area (Å²) in [6.07, 6.45) is 2.16. The van der Waals surface area contributed by atoms with Crippen LogP contribution in [0.25, 0.3) is 10.2 Å². The van der Waals surface area contributed by atoms with Crippen molar-refractivity contribution in [2.45, 2.75) is 38.8 Å². The molecule has 3 heterocycles. The molecule has 2 fully saturated rings. The number of thiazole rings is 1. The number of carbonyl (C=O) groups is 1. The summed E-state index contributed by atoms with van der Waals surface area (Å²) in [6, 6.07) is 6.79. The number of nitrogens with zero attached hydrogens (tertiary/aromatic N) is 2. The fraction of sp³-hybridized carbons (Fsp3) is 0.556. The Labute approximate surface area is 146 Å². The number of hydrazine groups is 1. The monoisotopic (exact) mass is 344 g/mol. The van der Waals surface area contributed by atoms with Gasteiger partial charge in [-0.05, 0) is 37.0 Å². The normalized spacial score (nSPS) is 27.0. The summed E-state index contributed by atoms with van der Waals surface area (Å²) in [5.41, 5.74) is 10.5. The Morgan fingerprint density at radius 3 is 3.12 bits per heavy atom. The summed E-state index contributed by atoms with van der Waals surface area (Å²) in [5, 5.41) is 0. The maximum absolute atomic E-state index is 13.0. The minimum Gasteiger partial charge on any atom is -0.338 e. The molecule has 0 radical (unpaired) electrons. The molecule has 128 valence electrons. The van der Waals surface area contributed by atoms with Crippen LogP contribution in [0.4, 0.5) is 0 Å². The van der Waals surface area contributed by atoms with Gasteiger partial charge in [0.25, 0.3) is 5.91 Å². The number of amides is 1. The largest absolute Gasteiger partial charge is 0.338 e. The number of rotatable bonds is 3. The average Bonchev–Trinajstić information content (AvgIpc) is 3.19. The molecule has 0 bridgehead atoms. The predicted molar refractivity (Wildman–Crippen MR) is 96.9 cm³/mol. The van der Waals surface area contributed by atoms with E-state index in [0.717, 1.165) is 41.7 Å². The number of hydrogen-bond acceptors (Lipinski definition) is 5. The van der Waals surface area contributed by atoms with Crippen LogP contribution in [0.1, 0.15) is 37.0 Å². The second-order valence-corrected chi connectivity index (χ2v) is 8.26. The van der Waals surface area contributed by atoms with Gasteiger partial charge in [-0.15, -0.1) is 11.3 Å². The molecule has 1 aromatic heterocycles. The van der Waals surface area contributed by atoms with Crippen molar-refractivity contribution < 1.29 is 4.79 Å². The number of piperidine rings is 1. The van der Waals surface area contributed by atoms with Crippen molar-refractivity contribution in [3.8, 4) is 0 Å². The van der Waals surface area contributed by atoms with Gasteiger partial charge in [0.15, 0.2) is 0 Å². The SMILES string of the molecule is CC(C)CC1NNC2CCN(C(=O)c3ccc4ncsc4c3)CC21. The molecule has 5 nitrogen and oxygen atoms in total. The maximum atomic E-state index is 13.0. The minimum atomic E-state index is 0.152. The second kappa shape index (κ2) is 6.43. The summed E-state index contributed by atoms with van der Waals surface area (Å²) in [5.74, 6) is 1.30. The second-order valence-electron chi connectivity index (χ2n) is 7.37. The Balaban J connectivity index is 1.50. The van der Waals surface area contributed by atoms with Gasteiger partial charge in [0.1, 0.15) is 0 Å². The summed E-state index contributed by atoms with van der Waals surface area (Å²) >= 11 is 1.59. The molecule has 24 heavy (non-hydrogen) atoms. The summed E-state index contributed by atoms with van der Waals surface area (Å²) in [7, 11) is 0. The van der Waals surface area contributed by atoms with E-state index >= 15 is 0 Å². The first kappa shape index (κ1) is 16.0. The molecule has 0 saturated carbocycles. The molecule has 1 amide bonds. The predicted octanol–water partition coefficient (Wildman–Crippen LogP) is 2.65. The highest BCUT2D eigenvalue weighted by Crippen LogP contribution is 2.29. The first-order valence-corrected chi connectivity index (χ1v) is 9.63. The van der Waals surface area contributed by atoms with Crippen molar-refractivity contribution in [2.24, 2.45) is 11.8 Å². The van der Waals surface area contributed by atoms with E-state index in [0.29, 0.717) is 23.9 Å². The van der Waals surface area contributed by atoms with E-state index in [9.17, 15) is 4.79 Å². The number of hydrogen-bond donors (Lipinski definition) is 2. The molecule has 2 aliphatic rings. The Morgan fingerprint density at radius 2 is 2.29 bits per heavy atom. The molecule has 3 unspecified atom stereocenters. The lowest BCUT2D eigenvalue weighted by molar-refractivity contribution is 0.0649. The highest BCUT2D eigenvalue weighted by Gasteiger charge is 2.40. The van der Waals surface area contributed by atoms with E-state index in [1.807, 2.05) is 28.6 Å². The van der Waals surface area contributed by atoms with Crippen LogP contribution < -0.4 is 10.9 Å². The first-order valence-electron chi connectivity index (χ1n) is 8.75. The van der Waals surface area contributed by atoms with Crippen molar-refractivity contribution in [2.75, 3.05) is 13.1 Å². The van der Waals surface area contributed by atoms with Gasteiger partial charge >= 0.3 is 0 Å². The lowest BCUT2D eigenvalue weighted by atomic mass is 9.84. The van der Waals surface area contributed by atoms with Crippen LogP contribution in [-0.4, -0.2) is 41.0 Å². The van der Waals surface area contributed by atoms with E-state index in [2.05, 4.69) is 29.7 Å². The Morgan fingerprint density at radius 1 is 1.42 bits per heavy atom. The molecule has 3 atom stereocenters. The first-order chi connectivity index (χ1) is 11.6. The third kappa shape index (κ3) is 2.94. The Hall–Kier alpha value is -1.50. The van der Waals surface area contributed by atoms with Crippen molar-refractivity contribution in [1.82, 2.24) is 20.7 Å². The van der Waals surface area contributed by atoms with Gasteiger partial charge < -0.3 is 4.90 Å². The summed E-state index contributed by atoms with van der Waals surface area (Å²) < 4.78 is 1.08. The molecule has 0 aliphatic carbocycles. The average molecular weight is 344 g/mol. The fourth-order valence-electron chi connectivity index (χ4n) is 3.99. The minimum absolute atomic E-state index is 0.152. The Kier molecular flexibility index (Phi) is 4.28. The quantitative estimate of drug-likeness (QED) is 0.899. The van der Waals surface area contributed by atoms with Gasteiger partial charge in [-0.3, -0.25) is 15.6 Å². The van der Waals surface area contributed by atoms with Crippen LogP contribution in [0.3, 0.4) is 0 Å².